The summed E-state index contributed by atoms with van der Waals surface area (Å²) in [5, 5.41) is 4.63. The quantitative estimate of drug-likeness (QED) is 0.738. The maximum absolute atomic E-state index is 5.96. The van der Waals surface area contributed by atoms with Crippen LogP contribution in [0.4, 0.5) is 0 Å². The molecule has 2 heterocycles. The summed E-state index contributed by atoms with van der Waals surface area (Å²) in [5.74, 6) is 1.57. The van der Waals surface area contributed by atoms with E-state index >= 15 is 0 Å². The van der Waals surface area contributed by atoms with E-state index in [0.29, 0.717) is 12.5 Å². The molecule has 0 saturated heterocycles. The van der Waals surface area contributed by atoms with E-state index in [1.54, 1.807) is 7.11 Å². The van der Waals surface area contributed by atoms with Crippen molar-refractivity contribution in [3.63, 3.8) is 0 Å². The molecule has 21 heavy (non-hydrogen) atoms. The maximum Gasteiger partial charge on any atom is 0.159 e. The van der Waals surface area contributed by atoms with Gasteiger partial charge in [0.15, 0.2) is 5.65 Å². The Hall–Kier alpha value is -1.07. The lowest BCUT2D eigenvalue weighted by molar-refractivity contribution is 0.109. The Kier molecular flexibility index (Phi) is 4.94. The Morgan fingerprint density at radius 2 is 2.00 bits per heavy atom. The van der Waals surface area contributed by atoms with Crippen molar-refractivity contribution in [2.75, 3.05) is 19.6 Å². The van der Waals surface area contributed by atoms with E-state index in [2.05, 4.69) is 30.4 Å². The van der Waals surface area contributed by atoms with E-state index < -0.39 is 0 Å². The first-order chi connectivity index (χ1) is 9.96. The van der Waals surface area contributed by atoms with Gasteiger partial charge in [-0.2, -0.15) is 5.10 Å². The number of nitrogens with zero attached hydrogens (tertiary/aromatic N) is 4. The number of imidazole rings is 1. The lowest BCUT2D eigenvalue weighted by atomic mass is 10.1. The van der Waals surface area contributed by atoms with Gasteiger partial charge in [0.2, 0.25) is 0 Å². The fraction of sp³-hybridized carbons (Fsp3) is 0.733. The molecular formula is C15H25ClN4O. The van der Waals surface area contributed by atoms with Crippen LogP contribution in [0.25, 0.3) is 11.2 Å². The van der Waals surface area contributed by atoms with Crippen LogP contribution in [-0.2, 0) is 30.2 Å². The SMILES string of the molecule is CCCc1nn(C)c2c1nc(CCCl)n2C(C)(C)COC. The minimum Gasteiger partial charge on any atom is -0.382 e. The fourth-order valence-electron chi connectivity index (χ4n) is 2.94. The molecule has 0 amide bonds. The number of ether oxygens (including phenoxy) is 1. The molecule has 2 aromatic heterocycles. The summed E-state index contributed by atoms with van der Waals surface area (Å²) in [4.78, 5) is 4.83. The highest BCUT2D eigenvalue weighted by Gasteiger charge is 2.29. The lowest BCUT2D eigenvalue weighted by Crippen LogP contribution is -2.33. The van der Waals surface area contributed by atoms with Gasteiger partial charge in [-0.05, 0) is 20.3 Å². The molecular weight excluding hydrogens is 288 g/mol. The Morgan fingerprint density at radius 1 is 1.29 bits per heavy atom. The fourth-order valence-corrected chi connectivity index (χ4v) is 3.10. The average Bonchev–Trinajstić information content (AvgIpc) is 2.90. The lowest BCUT2D eigenvalue weighted by Gasteiger charge is -2.28. The Balaban J connectivity index is 2.67. The summed E-state index contributed by atoms with van der Waals surface area (Å²) in [5.41, 5.74) is 2.93. The number of alkyl halides is 1. The Morgan fingerprint density at radius 3 is 2.57 bits per heavy atom. The predicted molar refractivity (Wildman–Crippen MR) is 86.1 cm³/mol. The van der Waals surface area contributed by atoms with Crippen LogP contribution in [0.5, 0.6) is 0 Å². The van der Waals surface area contributed by atoms with Crippen molar-refractivity contribution in [2.24, 2.45) is 7.05 Å². The minimum atomic E-state index is -0.192. The zero-order chi connectivity index (χ0) is 15.6. The number of rotatable bonds is 7. The van der Waals surface area contributed by atoms with Crippen LogP contribution in [0, 0.1) is 0 Å². The first-order valence-electron chi connectivity index (χ1n) is 7.44. The molecule has 5 nitrogen and oxygen atoms in total. The highest BCUT2D eigenvalue weighted by atomic mass is 35.5. The molecule has 0 radical (unpaired) electrons. The van der Waals surface area contributed by atoms with Gasteiger partial charge in [0, 0.05) is 26.5 Å². The zero-order valence-corrected chi connectivity index (χ0v) is 14.4. The van der Waals surface area contributed by atoms with Crippen molar-refractivity contribution >= 4 is 22.8 Å². The third kappa shape index (κ3) is 2.94. The topological polar surface area (TPSA) is 44.9 Å². The van der Waals surface area contributed by atoms with Gasteiger partial charge >= 0.3 is 0 Å². The minimum absolute atomic E-state index is 0.192. The van der Waals surface area contributed by atoms with Crippen molar-refractivity contribution in [1.82, 2.24) is 19.3 Å². The zero-order valence-electron chi connectivity index (χ0n) is 13.6. The van der Waals surface area contributed by atoms with Gasteiger partial charge in [0.05, 0.1) is 17.8 Å². The molecule has 0 fully saturated rings. The molecule has 0 spiro atoms. The van der Waals surface area contributed by atoms with Gasteiger partial charge in [-0.15, -0.1) is 11.6 Å². The van der Waals surface area contributed by atoms with Crippen LogP contribution in [-0.4, -0.2) is 38.9 Å². The molecule has 6 heteroatoms. The van der Waals surface area contributed by atoms with Crippen molar-refractivity contribution < 1.29 is 4.74 Å². The van der Waals surface area contributed by atoms with Crippen LogP contribution in [0.15, 0.2) is 0 Å². The third-order valence-corrected chi connectivity index (χ3v) is 3.87. The standard InChI is InChI=1S/C15H25ClN4O/c1-6-7-11-13-14(19(4)18-11)20(12(17-13)8-9-16)15(2,3)10-21-5/h6-10H2,1-5H3. The number of methoxy groups -OCH3 is 1. The molecule has 0 aliphatic carbocycles. The number of hydrogen-bond donors (Lipinski definition) is 0. The van der Waals surface area contributed by atoms with Gasteiger partial charge in [-0.25, -0.2) is 4.98 Å². The Bertz CT molecular complexity index is 615. The van der Waals surface area contributed by atoms with Gasteiger partial charge in [0.25, 0.3) is 0 Å². The molecule has 0 aliphatic heterocycles. The second kappa shape index (κ2) is 6.36. The van der Waals surface area contributed by atoms with Gasteiger partial charge < -0.3 is 9.30 Å². The molecule has 0 saturated carbocycles. The average molecular weight is 313 g/mol. The molecule has 0 aliphatic rings. The van der Waals surface area contributed by atoms with Crippen LogP contribution in [0.1, 0.15) is 38.7 Å². The van der Waals surface area contributed by atoms with E-state index in [4.69, 9.17) is 21.3 Å². The summed E-state index contributed by atoms with van der Waals surface area (Å²) in [7, 11) is 3.70. The van der Waals surface area contributed by atoms with Crippen molar-refractivity contribution in [3.05, 3.63) is 11.5 Å². The molecule has 0 unspecified atom stereocenters. The first-order valence-corrected chi connectivity index (χ1v) is 7.98. The normalized spacial score (nSPS) is 12.5. The van der Waals surface area contributed by atoms with Crippen LogP contribution in [0.3, 0.4) is 0 Å². The first kappa shape index (κ1) is 16.3. The van der Waals surface area contributed by atoms with Gasteiger partial charge in [0.1, 0.15) is 11.3 Å². The largest absolute Gasteiger partial charge is 0.382 e. The van der Waals surface area contributed by atoms with Crippen molar-refractivity contribution in [2.45, 2.75) is 45.6 Å². The van der Waals surface area contributed by atoms with Crippen LogP contribution in [0.2, 0.25) is 0 Å². The van der Waals surface area contributed by atoms with E-state index in [-0.39, 0.29) is 5.54 Å². The molecule has 2 aromatic rings. The number of aryl methyl sites for hydroxylation is 3. The summed E-state index contributed by atoms with van der Waals surface area (Å²) in [6.45, 7) is 7.08. The van der Waals surface area contributed by atoms with Gasteiger partial charge in [-0.1, -0.05) is 13.3 Å². The summed E-state index contributed by atoms with van der Waals surface area (Å²) in [6.07, 6.45) is 2.75. The van der Waals surface area contributed by atoms with E-state index in [1.165, 1.54) is 0 Å². The highest BCUT2D eigenvalue weighted by molar-refractivity contribution is 6.17. The highest BCUT2D eigenvalue weighted by Crippen LogP contribution is 2.28. The number of fused-ring (bicyclic) bond motifs is 1. The molecule has 2 rings (SSSR count). The summed E-state index contributed by atoms with van der Waals surface area (Å²) in [6, 6.07) is 0. The smallest absolute Gasteiger partial charge is 0.159 e. The second-order valence-electron chi connectivity index (χ2n) is 6.04. The van der Waals surface area contributed by atoms with E-state index in [1.807, 2.05) is 11.7 Å². The molecule has 0 bridgehead atoms. The van der Waals surface area contributed by atoms with Crippen molar-refractivity contribution in [3.8, 4) is 0 Å². The number of hydrogen-bond acceptors (Lipinski definition) is 3. The van der Waals surface area contributed by atoms with Crippen molar-refractivity contribution in [1.29, 1.82) is 0 Å². The van der Waals surface area contributed by atoms with E-state index in [0.717, 1.165) is 41.9 Å². The molecule has 0 N–H and O–H groups in total. The van der Waals surface area contributed by atoms with E-state index in [9.17, 15) is 0 Å². The molecule has 0 atom stereocenters. The summed E-state index contributed by atoms with van der Waals surface area (Å²) < 4.78 is 9.56. The molecule has 118 valence electrons. The third-order valence-electron chi connectivity index (χ3n) is 3.68. The monoisotopic (exact) mass is 312 g/mol. The number of halogens is 1. The maximum atomic E-state index is 5.96. The van der Waals surface area contributed by atoms with Gasteiger partial charge in [-0.3, -0.25) is 4.68 Å². The predicted octanol–water partition coefficient (Wildman–Crippen LogP) is 2.89. The second-order valence-corrected chi connectivity index (χ2v) is 6.42. The van der Waals surface area contributed by atoms with Crippen LogP contribution >= 0.6 is 11.6 Å². The van der Waals surface area contributed by atoms with Crippen LogP contribution < -0.4 is 0 Å². The summed E-state index contributed by atoms with van der Waals surface area (Å²) >= 11 is 5.96. The molecule has 0 aromatic carbocycles. The number of aromatic nitrogens is 4. The Labute approximate surface area is 131 Å².